The van der Waals surface area contributed by atoms with E-state index in [1.807, 2.05) is 43.7 Å². The molecular formula is C24H32N8O. The fraction of sp³-hybridized carbons (Fsp3) is 0.375. The van der Waals surface area contributed by atoms with Gasteiger partial charge in [-0.15, -0.1) is 0 Å². The maximum Gasteiger partial charge on any atom is 0.274 e. The Morgan fingerprint density at radius 1 is 1.18 bits per heavy atom. The largest absolute Gasteiger partial charge is 0.393 e. The van der Waals surface area contributed by atoms with Gasteiger partial charge in [-0.25, -0.2) is 10.8 Å². The second kappa shape index (κ2) is 9.60. The van der Waals surface area contributed by atoms with Crippen molar-refractivity contribution >= 4 is 22.5 Å². The van der Waals surface area contributed by atoms with Crippen LogP contribution in [0.25, 0.3) is 21.9 Å². The number of hydrazine groups is 1. The van der Waals surface area contributed by atoms with Crippen LogP contribution in [0.1, 0.15) is 26.7 Å². The van der Waals surface area contributed by atoms with Crippen molar-refractivity contribution in [2.24, 2.45) is 18.6 Å². The Kier molecular flexibility index (Phi) is 6.62. The number of carbonyl (C=O) groups is 1. The molecule has 1 fully saturated rings. The number of aromatic nitrogens is 3. The number of nitrogens with zero attached hydrogens (tertiary/aromatic N) is 5. The molecule has 1 aliphatic rings. The first-order valence-electron chi connectivity index (χ1n) is 11.2. The summed E-state index contributed by atoms with van der Waals surface area (Å²) in [5.74, 6) is 6.21. The van der Waals surface area contributed by atoms with Gasteiger partial charge in [0, 0.05) is 61.8 Å². The maximum atomic E-state index is 12.7. The predicted octanol–water partition coefficient (Wildman–Crippen LogP) is 2.42. The van der Waals surface area contributed by atoms with Gasteiger partial charge >= 0.3 is 0 Å². The molecule has 0 atom stereocenters. The van der Waals surface area contributed by atoms with Crippen molar-refractivity contribution in [2.75, 3.05) is 18.4 Å². The van der Waals surface area contributed by atoms with Crippen molar-refractivity contribution in [1.82, 2.24) is 24.7 Å². The van der Waals surface area contributed by atoms with E-state index in [2.05, 4.69) is 34.1 Å². The fourth-order valence-electron chi connectivity index (χ4n) is 4.17. The minimum absolute atomic E-state index is 0.0507. The highest BCUT2D eigenvalue weighted by Crippen LogP contribution is 2.25. The molecule has 9 nitrogen and oxygen atoms in total. The summed E-state index contributed by atoms with van der Waals surface area (Å²) in [7, 11) is 1.89. The van der Waals surface area contributed by atoms with Gasteiger partial charge in [0.15, 0.2) is 0 Å². The molecule has 33 heavy (non-hydrogen) atoms. The Labute approximate surface area is 194 Å². The first-order chi connectivity index (χ1) is 15.8. The number of aryl methyl sites for hydroxylation is 1. The summed E-state index contributed by atoms with van der Waals surface area (Å²) in [6, 6.07) is 8.61. The minimum Gasteiger partial charge on any atom is -0.393 e. The lowest BCUT2D eigenvalue weighted by molar-refractivity contribution is -0.113. The third-order valence-corrected chi connectivity index (χ3v) is 6.20. The number of nitrogens with two attached hydrogens (primary N) is 2. The monoisotopic (exact) mass is 448 g/mol. The zero-order chi connectivity index (χ0) is 23.5. The molecule has 174 valence electrons. The van der Waals surface area contributed by atoms with Gasteiger partial charge in [-0.05, 0) is 49.8 Å². The van der Waals surface area contributed by atoms with Crippen LogP contribution in [-0.4, -0.2) is 55.8 Å². The van der Waals surface area contributed by atoms with Gasteiger partial charge in [0.05, 0.1) is 6.20 Å². The normalized spacial score (nSPS) is 15.8. The predicted molar refractivity (Wildman–Crippen MR) is 131 cm³/mol. The summed E-state index contributed by atoms with van der Waals surface area (Å²) >= 11 is 0. The molecule has 3 aromatic rings. The molecule has 0 spiro atoms. The van der Waals surface area contributed by atoms with E-state index in [1.165, 1.54) is 6.20 Å². The number of hydrogen-bond donors (Lipinski definition) is 3. The third kappa shape index (κ3) is 5.32. The number of benzene rings is 1. The van der Waals surface area contributed by atoms with Gasteiger partial charge in [-0.3, -0.25) is 9.48 Å². The molecule has 0 saturated carbocycles. The quantitative estimate of drug-likeness (QED) is 0.301. The Morgan fingerprint density at radius 2 is 1.94 bits per heavy atom. The number of likely N-dealkylation sites (tertiary alicyclic amines) is 1. The van der Waals surface area contributed by atoms with Crippen LogP contribution >= 0.6 is 0 Å². The SMILES string of the molecule is CC(C)N1CCC(N(N)/C=C(\N)C(=O)Nc2cc3cc(-c4cnn(C)c4)ccc3cn2)CC1. The van der Waals surface area contributed by atoms with Gasteiger partial charge in [0.2, 0.25) is 0 Å². The molecule has 9 heteroatoms. The number of amides is 1. The average molecular weight is 449 g/mol. The van der Waals surface area contributed by atoms with Crippen LogP contribution in [0.15, 0.2) is 54.8 Å². The number of anilines is 1. The molecule has 0 aliphatic carbocycles. The first kappa shape index (κ1) is 22.8. The van der Waals surface area contributed by atoms with Crippen LogP contribution in [0.3, 0.4) is 0 Å². The standard InChI is InChI=1S/C24H32N8O/c1-16(2)31-8-6-21(7-9-31)32(26)15-22(25)24(33)29-23-11-19-10-17(4-5-18(19)12-27-23)20-13-28-30(3)14-20/h4-5,10-16,21H,6-9,25-26H2,1-3H3,(H,27,29,33)/b22-15-. The van der Waals surface area contributed by atoms with E-state index in [9.17, 15) is 4.79 Å². The number of carbonyl (C=O) groups excluding carboxylic acids is 1. The van der Waals surface area contributed by atoms with Gasteiger partial charge in [0.1, 0.15) is 11.5 Å². The van der Waals surface area contributed by atoms with E-state index in [0.717, 1.165) is 47.8 Å². The van der Waals surface area contributed by atoms with Gasteiger partial charge in [-0.2, -0.15) is 5.10 Å². The van der Waals surface area contributed by atoms with E-state index in [-0.39, 0.29) is 11.7 Å². The highest BCUT2D eigenvalue weighted by Gasteiger charge is 2.23. The minimum atomic E-state index is -0.430. The van der Waals surface area contributed by atoms with Crippen molar-refractivity contribution in [1.29, 1.82) is 0 Å². The van der Waals surface area contributed by atoms with Crippen LogP contribution < -0.4 is 16.9 Å². The van der Waals surface area contributed by atoms with E-state index in [0.29, 0.717) is 11.9 Å². The highest BCUT2D eigenvalue weighted by atomic mass is 16.2. The topological polar surface area (TPSA) is 118 Å². The smallest absolute Gasteiger partial charge is 0.274 e. The Morgan fingerprint density at radius 3 is 2.61 bits per heavy atom. The first-order valence-corrected chi connectivity index (χ1v) is 11.2. The molecule has 0 radical (unpaired) electrons. The van der Waals surface area contributed by atoms with Crippen molar-refractivity contribution in [3.05, 3.63) is 54.8 Å². The lowest BCUT2D eigenvalue weighted by atomic mass is 10.0. The Balaban J connectivity index is 1.43. The van der Waals surface area contributed by atoms with Crippen molar-refractivity contribution in [3.63, 3.8) is 0 Å². The Bertz CT molecular complexity index is 1160. The fourth-order valence-corrected chi connectivity index (χ4v) is 4.17. The second-order valence-corrected chi connectivity index (χ2v) is 8.88. The lowest BCUT2D eigenvalue weighted by Gasteiger charge is -2.37. The van der Waals surface area contributed by atoms with E-state index in [4.69, 9.17) is 11.6 Å². The van der Waals surface area contributed by atoms with Crippen molar-refractivity contribution in [3.8, 4) is 11.1 Å². The van der Waals surface area contributed by atoms with E-state index in [1.54, 1.807) is 15.9 Å². The molecule has 0 bridgehead atoms. The summed E-state index contributed by atoms with van der Waals surface area (Å²) < 4.78 is 1.77. The summed E-state index contributed by atoms with van der Waals surface area (Å²) in [6.07, 6.45) is 8.91. The van der Waals surface area contributed by atoms with Crippen molar-refractivity contribution in [2.45, 2.75) is 38.8 Å². The zero-order valence-electron chi connectivity index (χ0n) is 19.4. The molecule has 3 heterocycles. The molecule has 0 unspecified atom stereocenters. The maximum absolute atomic E-state index is 12.7. The number of hydrogen-bond acceptors (Lipinski definition) is 7. The van der Waals surface area contributed by atoms with Crippen molar-refractivity contribution < 1.29 is 4.79 Å². The molecule has 1 aliphatic heterocycles. The van der Waals surface area contributed by atoms with Gasteiger partial charge in [-0.1, -0.05) is 12.1 Å². The number of piperidine rings is 1. The Hall–Kier alpha value is -3.43. The summed E-state index contributed by atoms with van der Waals surface area (Å²) in [5, 5.41) is 10.5. The van der Waals surface area contributed by atoms with E-state index >= 15 is 0 Å². The molecule has 1 saturated heterocycles. The molecule has 5 N–H and O–H groups in total. The molecular weight excluding hydrogens is 416 g/mol. The summed E-state index contributed by atoms with van der Waals surface area (Å²) in [5.41, 5.74) is 8.16. The lowest BCUT2D eigenvalue weighted by Crippen LogP contribution is -2.48. The summed E-state index contributed by atoms with van der Waals surface area (Å²) in [6.45, 7) is 6.36. The number of pyridine rings is 1. The zero-order valence-corrected chi connectivity index (χ0v) is 19.4. The van der Waals surface area contributed by atoms with Crippen LogP contribution in [0.4, 0.5) is 5.82 Å². The number of fused-ring (bicyclic) bond motifs is 1. The third-order valence-electron chi connectivity index (χ3n) is 6.20. The van der Waals surface area contributed by atoms with Crippen LogP contribution in [0.2, 0.25) is 0 Å². The number of rotatable bonds is 6. The molecule has 1 amide bonds. The molecule has 2 aromatic heterocycles. The van der Waals surface area contributed by atoms with Crippen LogP contribution in [0.5, 0.6) is 0 Å². The molecule has 1 aromatic carbocycles. The summed E-state index contributed by atoms with van der Waals surface area (Å²) in [4.78, 5) is 19.4. The average Bonchev–Trinajstić information content (AvgIpc) is 3.24. The molecule has 4 rings (SSSR count). The van der Waals surface area contributed by atoms with Crippen LogP contribution in [-0.2, 0) is 11.8 Å². The van der Waals surface area contributed by atoms with Crippen LogP contribution in [0, 0.1) is 0 Å². The highest BCUT2D eigenvalue weighted by molar-refractivity contribution is 6.03. The van der Waals surface area contributed by atoms with Gasteiger partial charge < -0.3 is 21.0 Å². The van der Waals surface area contributed by atoms with E-state index < -0.39 is 5.91 Å². The van der Waals surface area contributed by atoms with Gasteiger partial charge in [0.25, 0.3) is 5.91 Å². The number of nitrogens with one attached hydrogen (secondary N) is 1. The second-order valence-electron chi connectivity index (χ2n) is 8.88.